The average molecular weight is 393 g/mol. The molecule has 0 aliphatic carbocycles. The molecule has 3 heterocycles. The van der Waals surface area contributed by atoms with Crippen molar-refractivity contribution in [2.24, 2.45) is 18.7 Å². The molecule has 2 aromatic heterocycles. The van der Waals surface area contributed by atoms with Gasteiger partial charge in [0, 0.05) is 44.2 Å². The van der Waals surface area contributed by atoms with Crippen molar-refractivity contribution in [3.8, 4) is 11.3 Å². The Balaban J connectivity index is 1.52. The summed E-state index contributed by atoms with van der Waals surface area (Å²) in [7, 11) is 1.93. The second-order valence-corrected chi connectivity index (χ2v) is 7.92. The molecule has 0 spiro atoms. The molecule has 1 aromatic carbocycles. The Morgan fingerprint density at radius 3 is 2.55 bits per heavy atom. The average Bonchev–Trinajstić information content (AvgIpc) is 3.08. The molecule has 29 heavy (non-hydrogen) atoms. The molecule has 8 nitrogen and oxygen atoms in total. The molecule has 1 fully saturated rings. The van der Waals surface area contributed by atoms with E-state index in [2.05, 4.69) is 38.1 Å². The van der Waals surface area contributed by atoms with Gasteiger partial charge < -0.3 is 10.6 Å². The van der Waals surface area contributed by atoms with Gasteiger partial charge in [-0.05, 0) is 12.0 Å². The second-order valence-electron chi connectivity index (χ2n) is 7.92. The van der Waals surface area contributed by atoms with Crippen molar-refractivity contribution >= 4 is 22.6 Å². The van der Waals surface area contributed by atoms with E-state index in [9.17, 15) is 4.79 Å². The fraction of sp³-hybridized carbons (Fsp3) is 0.429. The van der Waals surface area contributed by atoms with Gasteiger partial charge in [-0.25, -0.2) is 4.98 Å². The van der Waals surface area contributed by atoms with Crippen LogP contribution >= 0.6 is 0 Å². The van der Waals surface area contributed by atoms with Gasteiger partial charge in [0.25, 0.3) is 0 Å². The molecule has 0 saturated carbocycles. The number of hydrogen-bond acceptors (Lipinski definition) is 6. The van der Waals surface area contributed by atoms with Gasteiger partial charge in [-0.3, -0.25) is 19.4 Å². The number of aromatic nitrogens is 4. The molecule has 1 aliphatic heterocycles. The minimum absolute atomic E-state index is 0.198. The van der Waals surface area contributed by atoms with Crippen molar-refractivity contribution in [1.82, 2.24) is 24.6 Å². The maximum absolute atomic E-state index is 11.8. The Labute approximate surface area is 170 Å². The number of hydrogen-bond donors (Lipinski definition) is 1. The predicted octanol–water partition coefficient (Wildman–Crippen LogP) is 1.66. The molecule has 0 bridgehead atoms. The summed E-state index contributed by atoms with van der Waals surface area (Å²) in [6.45, 7) is 7.20. The summed E-state index contributed by atoms with van der Waals surface area (Å²) < 4.78 is 1.86. The van der Waals surface area contributed by atoms with E-state index >= 15 is 0 Å². The highest BCUT2D eigenvalue weighted by Gasteiger charge is 2.30. The topological polar surface area (TPSA) is 93.2 Å². The molecule has 152 valence electrons. The Bertz CT molecular complexity index is 1020. The van der Waals surface area contributed by atoms with E-state index < -0.39 is 0 Å². The lowest BCUT2D eigenvalue weighted by Gasteiger charge is -2.39. The summed E-state index contributed by atoms with van der Waals surface area (Å²) in [6.07, 6.45) is 5.45. The lowest BCUT2D eigenvalue weighted by Crippen LogP contribution is -2.56. The lowest BCUT2D eigenvalue weighted by molar-refractivity contribution is -0.124. The normalized spacial score (nSPS) is 16.5. The first-order valence-corrected chi connectivity index (χ1v) is 9.96. The molecule has 2 N–H and O–H groups in total. The Morgan fingerprint density at radius 1 is 1.10 bits per heavy atom. The van der Waals surface area contributed by atoms with Crippen LogP contribution < -0.4 is 10.6 Å². The van der Waals surface area contributed by atoms with Gasteiger partial charge in [0.05, 0.1) is 35.8 Å². The Morgan fingerprint density at radius 2 is 1.86 bits per heavy atom. The number of fused-ring (bicyclic) bond motifs is 1. The van der Waals surface area contributed by atoms with E-state index in [1.54, 1.807) is 12.4 Å². The highest BCUT2D eigenvalue weighted by molar-refractivity contribution is 5.83. The quantitative estimate of drug-likeness (QED) is 0.709. The number of carbonyl (C=O) groups excluding carboxylic acids is 1. The van der Waals surface area contributed by atoms with Crippen molar-refractivity contribution in [3.05, 3.63) is 36.8 Å². The molecule has 4 rings (SSSR count). The van der Waals surface area contributed by atoms with Gasteiger partial charge >= 0.3 is 0 Å². The van der Waals surface area contributed by atoms with Gasteiger partial charge in [-0.15, -0.1) is 0 Å². The summed E-state index contributed by atoms with van der Waals surface area (Å²) in [5, 5.41) is 5.40. The van der Waals surface area contributed by atoms with Crippen LogP contribution in [0.2, 0.25) is 0 Å². The van der Waals surface area contributed by atoms with Gasteiger partial charge in [0.1, 0.15) is 5.82 Å². The first-order valence-electron chi connectivity index (χ1n) is 9.96. The van der Waals surface area contributed by atoms with Crippen LogP contribution in [0, 0.1) is 5.92 Å². The molecule has 1 amide bonds. The second kappa shape index (κ2) is 7.79. The van der Waals surface area contributed by atoms with Gasteiger partial charge in [-0.1, -0.05) is 26.0 Å². The van der Waals surface area contributed by atoms with Crippen molar-refractivity contribution in [3.63, 3.8) is 0 Å². The SMILES string of the molecule is CC(C)C(C(N)=O)N1CCN(c2cncc(-c3ccc4cnn(C)c4c3)n2)CC1. The number of nitrogens with two attached hydrogens (primary N) is 1. The maximum Gasteiger partial charge on any atom is 0.235 e. The van der Waals surface area contributed by atoms with Crippen molar-refractivity contribution in [2.75, 3.05) is 31.1 Å². The lowest BCUT2D eigenvalue weighted by atomic mass is 10.0. The Kier molecular flexibility index (Phi) is 5.19. The molecule has 1 unspecified atom stereocenters. The van der Waals surface area contributed by atoms with E-state index in [1.807, 2.05) is 31.8 Å². The minimum Gasteiger partial charge on any atom is -0.368 e. The number of rotatable bonds is 5. The van der Waals surface area contributed by atoms with E-state index in [-0.39, 0.29) is 17.9 Å². The molecular weight excluding hydrogens is 366 g/mol. The summed E-state index contributed by atoms with van der Waals surface area (Å²) in [4.78, 5) is 25.5. The molecule has 1 atom stereocenters. The van der Waals surface area contributed by atoms with E-state index in [0.29, 0.717) is 0 Å². The van der Waals surface area contributed by atoms with Gasteiger partial charge in [-0.2, -0.15) is 5.10 Å². The number of nitrogens with zero attached hydrogens (tertiary/aromatic N) is 6. The van der Waals surface area contributed by atoms with Crippen LogP contribution in [0.3, 0.4) is 0 Å². The summed E-state index contributed by atoms with van der Waals surface area (Å²) in [5.74, 6) is 0.803. The van der Waals surface area contributed by atoms with E-state index in [1.165, 1.54) is 0 Å². The summed E-state index contributed by atoms with van der Waals surface area (Å²) >= 11 is 0. The number of carbonyl (C=O) groups is 1. The molecule has 1 saturated heterocycles. The van der Waals surface area contributed by atoms with Crippen LogP contribution in [0.1, 0.15) is 13.8 Å². The van der Waals surface area contributed by atoms with Crippen molar-refractivity contribution in [2.45, 2.75) is 19.9 Å². The summed E-state index contributed by atoms with van der Waals surface area (Å²) in [6, 6.07) is 5.98. The fourth-order valence-electron chi connectivity index (χ4n) is 4.11. The van der Waals surface area contributed by atoms with E-state index in [0.717, 1.165) is 54.2 Å². The third kappa shape index (κ3) is 3.80. The van der Waals surface area contributed by atoms with Crippen molar-refractivity contribution in [1.29, 1.82) is 0 Å². The first-order chi connectivity index (χ1) is 13.9. The van der Waals surface area contributed by atoms with Crippen LogP contribution in [0.15, 0.2) is 36.8 Å². The zero-order valence-corrected chi connectivity index (χ0v) is 17.1. The third-order valence-electron chi connectivity index (χ3n) is 5.62. The highest BCUT2D eigenvalue weighted by Crippen LogP contribution is 2.24. The number of aryl methyl sites for hydroxylation is 1. The highest BCUT2D eigenvalue weighted by atomic mass is 16.1. The van der Waals surface area contributed by atoms with Crippen LogP contribution in [-0.4, -0.2) is 62.8 Å². The third-order valence-corrected chi connectivity index (χ3v) is 5.62. The molecule has 3 aromatic rings. The van der Waals surface area contributed by atoms with Gasteiger partial charge in [0.2, 0.25) is 5.91 Å². The van der Waals surface area contributed by atoms with Crippen LogP contribution in [0.4, 0.5) is 5.82 Å². The zero-order chi connectivity index (χ0) is 20.5. The standard InChI is InChI=1S/C21H27N7O/c1-14(2)20(21(22)29)28-8-6-27(7-9-28)19-13-23-12-17(25-19)15-4-5-16-11-24-26(3)18(16)10-15/h4-5,10-14,20H,6-9H2,1-3H3,(H2,22,29). The van der Waals surface area contributed by atoms with E-state index in [4.69, 9.17) is 10.7 Å². The van der Waals surface area contributed by atoms with Crippen molar-refractivity contribution < 1.29 is 4.79 Å². The smallest absolute Gasteiger partial charge is 0.235 e. The molecular formula is C21H27N7O. The van der Waals surface area contributed by atoms with Crippen LogP contribution in [0.5, 0.6) is 0 Å². The number of piperazine rings is 1. The fourth-order valence-corrected chi connectivity index (χ4v) is 4.11. The maximum atomic E-state index is 11.8. The summed E-state index contributed by atoms with van der Waals surface area (Å²) in [5.41, 5.74) is 8.54. The minimum atomic E-state index is -0.249. The van der Waals surface area contributed by atoms with Crippen LogP contribution in [-0.2, 0) is 11.8 Å². The Hall–Kier alpha value is -3.00. The molecule has 1 aliphatic rings. The molecule has 8 heteroatoms. The molecule has 0 radical (unpaired) electrons. The number of amides is 1. The first kappa shape index (κ1) is 19.3. The number of primary amides is 1. The predicted molar refractivity (Wildman–Crippen MR) is 113 cm³/mol. The number of anilines is 1. The number of benzene rings is 1. The largest absolute Gasteiger partial charge is 0.368 e. The zero-order valence-electron chi connectivity index (χ0n) is 17.1. The monoisotopic (exact) mass is 393 g/mol. The van der Waals surface area contributed by atoms with Gasteiger partial charge in [0.15, 0.2) is 0 Å². The van der Waals surface area contributed by atoms with Crippen LogP contribution in [0.25, 0.3) is 22.2 Å².